The molecular weight excluding hydrogens is 493 g/mol. The summed E-state index contributed by atoms with van der Waals surface area (Å²) in [5, 5.41) is 3.06. The van der Waals surface area contributed by atoms with Crippen molar-refractivity contribution in [1.29, 1.82) is 0 Å². The largest absolute Gasteiger partial charge is 0.416 e. The Labute approximate surface area is 220 Å². The summed E-state index contributed by atoms with van der Waals surface area (Å²) in [5.41, 5.74) is 3.42. The van der Waals surface area contributed by atoms with Gasteiger partial charge in [-0.15, -0.1) is 0 Å². The molecule has 5 rings (SSSR count). The molecule has 200 valence electrons. The molecule has 1 fully saturated rings. The van der Waals surface area contributed by atoms with E-state index in [0.29, 0.717) is 37.1 Å². The lowest BCUT2D eigenvalue weighted by molar-refractivity contribution is -0.137. The van der Waals surface area contributed by atoms with Crippen molar-refractivity contribution in [2.45, 2.75) is 25.4 Å². The van der Waals surface area contributed by atoms with Crippen molar-refractivity contribution in [3.05, 3.63) is 88.6 Å². The van der Waals surface area contributed by atoms with E-state index in [1.807, 2.05) is 30.3 Å². The summed E-state index contributed by atoms with van der Waals surface area (Å²) >= 11 is 0. The molecular formula is C29H31F3N4O2. The zero-order chi connectivity index (χ0) is 26.5. The highest BCUT2D eigenvalue weighted by molar-refractivity contribution is 5.98. The van der Waals surface area contributed by atoms with E-state index in [0.717, 1.165) is 68.0 Å². The van der Waals surface area contributed by atoms with Crippen LogP contribution < -0.4 is 10.2 Å². The van der Waals surface area contributed by atoms with Crippen molar-refractivity contribution in [2.75, 3.05) is 50.8 Å². The van der Waals surface area contributed by atoms with Crippen molar-refractivity contribution in [1.82, 2.24) is 15.2 Å². The number of hydrogen-bond donors (Lipinski definition) is 1. The summed E-state index contributed by atoms with van der Waals surface area (Å²) < 4.78 is 44.7. The first-order chi connectivity index (χ1) is 18.4. The summed E-state index contributed by atoms with van der Waals surface area (Å²) in [6.07, 6.45) is -0.721. The molecule has 3 heterocycles. The van der Waals surface area contributed by atoms with Gasteiger partial charge in [-0.05, 0) is 72.8 Å². The average molecular weight is 525 g/mol. The zero-order valence-electron chi connectivity index (χ0n) is 21.1. The molecule has 1 saturated heterocycles. The highest BCUT2D eigenvalue weighted by Gasteiger charge is 2.30. The number of carbonyl (C=O) groups is 1. The summed E-state index contributed by atoms with van der Waals surface area (Å²) in [4.78, 5) is 21.9. The quantitative estimate of drug-likeness (QED) is 0.428. The fraction of sp³-hybridized carbons (Fsp3) is 0.379. The van der Waals surface area contributed by atoms with E-state index in [1.165, 1.54) is 12.1 Å². The summed E-state index contributed by atoms with van der Waals surface area (Å²) in [5.74, 6) is 0.647. The Morgan fingerprint density at radius 3 is 2.61 bits per heavy atom. The molecule has 1 amide bonds. The van der Waals surface area contributed by atoms with Crippen LogP contribution in [0.4, 0.5) is 24.7 Å². The summed E-state index contributed by atoms with van der Waals surface area (Å²) in [7, 11) is 0. The standard InChI is InChI=1S/C29H31F3N4O2/c30-29(31,32)23-5-1-4-21(19-23)18-22-8-11-33-27(20-22)36-13-9-24-25(6-2-7-26(24)36)28(37)34-10-3-12-35-14-16-38-17-15-35/h1-2,4-8,11,19-20H,3,9-10,12-18H2,(H,34,37). The number of halogens is 3. The SMILES string of the molecule is O=C(NCCCN1CCOCC1)c1cccc2c1CCN2c1cc(Cc2cccc(C(F)(F)F)c2)ccn1. The Hall–Kier alpha value is -3.43. The molecule has 0 radical (unpaired) electrons. The Bertz CT molecular complexity index is 1270. The van der Waals surface area contributed by atoms with Gasteiger partial charge in [-0.1, -0.05) is 24.3 Å². The fourth-order valence-electron chi connectivity index (χ4n) is 5.12. The van der Waals surface area contributed by atoms with Crippen LogP contribution >= 0.6 is 0 Å². The van der Waals surface area contributed by atoms with Gasteiger partial charge >= 0.3 is 6.18 Å². The highest BCUT2D eigenvalue weighted by Crippen LogP contribution is 2.36. The van der Waals surface area contributed by atoms with Crippen molar-refractivity contribution >= 4 is 17.4 Å². The number of amides is 1. The van der Waals surface area contributed by atoms with Crippen LogP contribution in [0.15, 0.2) is 60.8 Å². The van der Waals surface area contributed by atoms with E-state index < -0.39 is 11.7 Å². The van der Waals surface area contributed by atoms with E-state index in [2.05, 4.69) is 20.1 Å². The number of alkyl halides is 3. The molecule has 0 spiro atoms. The van der Waals surface area contributed by atoms with Gasteiger partial charge in [-0.3, -0.25) is 9.69 Å². The maximum atomic E-state index is 13.1. The molecule has 1 N–H and O–H groups in total. The molecule has 2 aliphatic rings. The number of anilines is 2. The Morgan fingerprint density at radius 2 is 1.79 bits per heavy atom. The van der Waals surface area contributed by atoms with Gasteiger partial charge in [-0.25, -0.2) is 4.98 Å². The molecule has 0 aliphatic carbocycles. The molecule has 2 aromatic carbocycles. The Balaban J connectivity index is 1.25. The van der Waals surface area contributed by atoms with Crippen LogP contribution in [0.25, 0.3) is 0 Å². The number of carbonyl (C=O) groups excluding carboxylic acids is 1. The Kier molecular flexibility index (Phi) is 7.95. The van der Waals surface area contributed by atoms with Crippen molar-refractivity contribution < 1.29 is 22.7 Å². The number of rotatable bonds is 8. The monoisotopic (exact) mass is 524 g/mol. The molecule has 38 heavy (non-hydrogen) atoms. The van der Waals surface area contributed by atoms with Crippen LogP contribution in [0.2, 0.25) is 0 Å². The summed E-state index contributed by atoms with van der Waals surface area (Å²) in [6.45, 7) is 5.63. The van der Waals surface area contributed by atoms with Crippen molar-refractivity contribution in [2.24, 2.45) is 0 Å². The van der Waals surface area contributed by atoms with Crippen LogP contribution in [-0.2, 0) is 23.8 Å². The first-order valence-electron chi connectivity index (χ1n) is 13.0. The fourth-order valence-corrected chi connectivity index (χ4v) is 5.12. The van der Waals surface area contributed by atoms with E-state index in [1.54, 1.807) is 12.3 Å². The molecule has 0 unspecified atom stereocenters. The number of aromatic nitrogens is 1. The second kappa shape index (κ2) is 11.5. The molecule has 9 heteroatoms. The molecule has 6 nitrogen and oxygen atoms in total. The lowest BCUT2D eigenvalue weighted by Crippen LogP contribution is -2.38. The van der Waals surface area contributed by atoms with E-state index in [-0.39, 0.29) is 5.91 Å². The average Bonchev–Trinajstić information content (AvgIpc) is 3.36. The van der Waals surface area contributed by atoms with Gasteiger partial charge in [0.2, 0.25) is 0 Å². The number of hydrogen-bond acceptors (Lipinski definition) is 5. The van der Waals surface area contributed by atoms with Crippen LogP contribution in [0, 0.1) is 0 Å². The number of fused-ring (bicyclic) bond motifs is 1. The number of morpholine rings is 1. The molecule has 0 saturated carbocycles. The summed E-state index contributed by atoms with van der Waals surface area (Å²) in [6, 6.07) is 14.9. The van der Waals surface area contributed by atoms with Crippen LogP contribution in [0.3, 0.4) is 0 Å². The smallest absolute Gasteiger partial charge is 0.379 e. The molecule has 0 atom stereocenters. The van der Waals surface area contributed by atoms with Gasteiger partial charge in [0, 0.05) is 43.6 Å². The Morgan fingerprint density at radius 1 is 1.00 bits per heavy atom. The molecule has 2 aliphatic heterocycles. The highest BCUT2D eigenvalue weighted by atomic mass is 19.4. The molecule has 0 bridgehead atoms. The van der Waals surface area contributed by atoms with Gasteiger partial charge in [0.25, 0.3) is 5.91 Å². The van der Waals surface area contributed by atoms with Gasteiger partial charge in [0.15, 0.2) is 0 Å². The lowest BCUT2D eigenvalue weighted by atomic mass is 10.0. The molecule has 3 aromatic rings. The van der Waals surface area contributed by atoms with Crippen LogP contribution in [0.5, 0.6) is 0 Å². The van der Waals surface area contributed by atoms with Crippen LogP contribution in [0.1, 0.15) is 39.0 Å². The van der Waals surface area contributed by atoms with Crippen molar-refractivity contribution in [3.8, 4) is 0 Å². The zero-order valence-corrected chi connectivity index (χ0v) is 21.1. The number of nitrogens with zero attached hydrogens (tertiary/aromatic N) is 3. The normalized spacial score (nSPS) is 15.9. The van der Waals surface area contributed by atoms with Gasteiger partial charge in [-0.2, -0.15) is 13.2 Å². The maximum Gasteiger partial charge on any atom is 0.416 e. The lowest BCUT2D eigenvalue weighted by Gasteiger charge is -2.26. The minimum absolute atomic E-state index is 0.0723. The first kappa shape index (κ1) is 26.2. The molecule has 1 aromatic heterocycles. The predicted octanol–water partition coefficient (Wildman–Crippen LogP) is 4.84. The first-order valence-corrected chi connectivity index (χ1v) is 13.0. The third-order valence-electron chi connectivity index (χ3n) is 7.06. The van der Waals surface area contributed by atoms with Crippen molar-refractivity contribution in [3.63, 3.8) is 0 Å². The van der Waals surface area contributed by atoms with E-state index in [4.69, 9.17) is 4.74 Å². The number of nitrogens with one attached hydrogen (secondary N) is 1. The second-order valence-electron chi connectivity index (χ2n) is 9.67. The minimum Gasteiger partial charge on any atom is -0.379 e. The minimum atomic E-state index is -4.37. The van der Waals surface area contributed by atoms with Gasteiger partial charge in [0.1, 0.15) is 5.82 Å². The van der Waals surface area contributed by atoms with Crippen LogP contribution in [-0.4, -0.2) is 61.7 Å². The number of ether oxygens (including phenoxy) is 1. The number of pyridine rings is 1. The topological polar surface area (TPSA) is 57.7 Å². The second-order valence-corrected chi connectivity index (χ2v) is 9.67. The maximum absolute atomic E-state index is 13.1. The third kappa shape index (κ3) is 6.16. The van der Waals surface area contributed by atoms with Gasteiger partial charge in [0.05, 0.1) is 18.8 Å². The predicted molar refractivity (Wildman–Crippen MR) is 140 cm³/mol. The third-order valence-corrected chi connectivity index (χ3v) is 7.06. The van der Waals surface area contributed by atoms with E-state index >= 15 is 0 Å². The van der Waals surface area contributed by atoms with Gasteiger partial charge < -0.3 is 15.0 Å². The number of benzene rings is 2. The van der Waals surface area contributed by atoms with E-state index in [9.17, 15) is 18.0 Å².